The fraction of sp³-hybridized carbons (Fsp3) is 0.0909. The van der Waals surface area contributed by atoms with E-state index in [9.17, 15) is 14.9 Å². The van der Waals surface area contributed by atoms with Gasteiger partial charge in [-0.1, -0.05) is 29.4 Å². The molecule has 0 spiro atoms. The molecule has 0 bridgehead atoms. The summed E-state index contributed by atoms with van der Waals surface area (Å²) in [5.41, 5.74) is 1.93. The maximum Gasteiger partial charge on any atom is 0.269 e. The van der Waals surface area contributed by atoms with Crippen LogP contribution in [0.15, 0.2) is 78.2 Å². The van der Waals surface area contributed by atoms with Crippen molar-refractivity contribution in [2.24, 2.45) is 0 Å². The van der Waals surface area contributed by atoms with Crippen LogP contribution in [-0.2, 0) is 4.79 Å². The Balaban J connectivity index is 1.60. The Morgan fingerprint density at radius 1 is 1.15 bits per heavy atom. The minimum atomic E-state index is -0.538. The van der Waals surface area contributed by atoms with E-state index >= 15 is 0 Å². The Hall–Kier alpha value is -3.76. The highest BCUT2D eigenvalue weighted by Gasteiger charge is 2.22. The summed E-state index contributed by atoms with van der Waals surface area (Å²) in [4.78, 5) is 27.2. The average molecular weight is 481 g/mol. The average Bonchev–Trinajstić information content (AvgIpc) is 3.23. The van der Waals surface area contributed by atoms with Crippen LogP contribution in [0.1, 0.15) is 6.92 Å². The molecule has 0 aliphatic carbocycles. The monoisotopic (exact) mass is 480 g/mol. The molecule has 166 valence electrons. The van der Waals surface area contributed by atoms with Crippen LogP contribution in [0.4, 0.5) is 11.4 Å². The van der Waals surface area contributed by atoms with Gasteiger partial charge < -0.3 is 5.32 Å². The summed E-state index contributed by atoms with van der Waals surface area (Å²) in [5, 5.41) is 22.7. The van der Waals surface area contributed by atoms with Gasteiger partial charge in [0.2, 0.25) is 5.91 Å². The lowest BCUT2D eigenvalue weighted by atomic mass is 10.2. The molecular formula is C22H17ClN6O3S. The van der Waals surface area contributed by atoms with Crippen molar-refractivity contribution in [3.8, 4) is 17.1 Å². The van der Waals surface area contributed by atoms with Gasteiger partial charge in [-0.25, -0.2) is 0 Å². The van der Waals surface area contributed by atoms with Crippen molar-refractivity contribution in [2.75, 3.05) is 5.32 Å². The van der Waals surface area contributed by atoms with Crippen LogP contribution in [0.2, 0.25) is 5.02 Å². The molecule has 2 heterocycles. The van der Waals surface area contributed by atoms with Crippen molar-refractivity contribution in [2.45, 2.75) is 17.3 Å². The molecule has 33 heavy (non-hydrogen) atoms. The SMILES string of the molecule is CC(Sc1nnc(-c2cccnc2)n1-c1cccc(Cl)c1)C(=O)Nc1ccc([N+](=O)[O-])cc1. The van der Waals surface area contributed by atoms with Gasteiger partial charge in [0, 0.05) is 40.8 Å². The van der Waals surface area contributed by atoms with E-state index in [4.69, 9.17) is 11.6 Å². The van der Waals surface area contributed by atoms with Crippen LogP contribution in [0, 0.1) is 10.1 Å². The van der Waals surface area contributed by atoms with E-state index < -0.39 is 10.2 Å². The number of nitrogens with zero attached hydrogens (tertiary/aromatic N) is 5. The number of nitrogens with one attached hydrogen (secondary N) is 1. The van der Waals surface area contributed by atoms with Crippen molar-refractivity contribution >= 4 is 40.6 Å². The van der Waals surface area contributed by atoms with Gasteiger partial charge in [0.05, 0.1) is 15.9 Å². The Morgan fingerprint density at radius 3 is 2.61 bits per heavy atom. The number of pyridine rings is 1. The molecule has 1 unspecified atom stereocenters. The summed E-state index contributed by atoms with van der Waals surface area (Å²) in [6.07, 6.45) is 3.36. The van der Waals surface area contributed by atoms with E-state index in [1.54, 1.807) is 37.5 Å². The molecule has 2 aromatic heterocycles. The second-order valence-corrected chi connectivity index (χ2v) is 8.66. The van der Waals surface area contributed by atoms with Gasteiger partial charge in [-0.3, -0.25) is 24.5 Å². The Morgan fingerprint density at radius 2 is 1.94 bits per heavy atom. The fourth-order valence-electron chi connectivity index (χ4n) is 3.00. The standard InChI is InChI=1S/C22H17ClN6O3S/c1-14(21(30)25-17-7-9-18(10-8-17)29(31)32)33-22-27-26-20(15-4-3-11-24-13-15)28(22)19-6-2-5-16(23)12-19/h2-14H,1H3,(H,25,30). The topological polar surface area (TPSA) is 116 Å². The molecule has 0 radical (unpaired) electrons. The number of aromatic nitrogens is 4. The number of benzene rings is 2. The number of carbonyl (C=O) groups is 1. The van der Waals surface area contributed by atoms with Gasteiger partial charge in [0.25, 0.3) is 5.69 Å². The van der Waals surface area contributed by atoms with Crippen molar-refractivity contribution in [3.63, 3.8) is 0 Å². The zero-order chi connectivity index (χ0) is 23.4. The largest absolute Gasteiger partial charge is 0.325 e. The summed E-state index contributed by atoms with van der Waals surface area (Å²) in [5.74, 6) is 0.285. The van der Waals surface area contributed by atoms with Crippen LogP contribution in [0.25, 0.3) is 17.1 Å². The van der Waals surface area contributed by atoms with Crippen molar-refractivity contribution in [3.05, 3.63) is 88.2 Å². The number of rotatable bonds is 7. The molecule has 2 aromatic carbocycles. The number of hydrogen-bond donors (Lipinski definition) is 1. The maximum absolute atomic E-state index is 12.8. The summed E-state index contributed by atoms with van der Waals surface area (Å²) in [6, 6.07) is 16.6. The van der Waals surface area contributed by atoms with Crippen LogP contribution < -0.4 is 5.32 Å². The normalized spacial score (nSPS) is 11.7. The Labute approximate surface area is 198 Å². The molecule has 1 atom stereocenters. The molecule has 0 aliphatic heterocycles. The number of amides is 1. The van der Waals surface area contributed by atoms with Crippen molar-refractivity contribution < 1.29 is 9.72 Å². The lowest BCUT2D eigenvalue weighted by Gasteiger charge is -2.14. The number of anilines is 1. The lowest BCUT2D eigenvalue weighted by molar-refractivity contribution is -0.384. The molecule has 0 saturated heterocycles. The molecule has 11 heteroatoms. The lowest BCUT2D eigenvalue weighted by Crippen LogP contribution is -2.22. The molecule has 4 rings (SSSR count). The Kier molecular flexibility index (Phi) is 6.66. The zero-order valence-corrected chi connectivity index (χ0v) is 18.8. The van der Waals surface area contributed by atoms with Gasteiger partial charge >= 0.3 is 0 Å². The van der Waals surface area contributed by atoms with E-state index in [0.717, 1.165) is 11.3 Å². The molecule has 0 aliphatic rings. The molecule has 0 saturated carbocycles. The van der Waals surface area contributed by atoms with Crippen LogP contribution >= 0.6 is 23.4 Å². The first-order valence-electron chi connectivity index (χ1n) is 9.76. The van der Waals surface area contributed by atoms with E-state index in [1.807, 2.05) is 22.8 Å². The minimum absolute atomic E-state index is 0.0482. The van der Waals surface area contributed by atoms with Gasteiger partial charge in [-0.05, 0) is 49.4 Å². The second-order valence-electron chi connectivity index (χ2n) is 6.92. The second kappa shape index (κ2) is 9.80. The summed E-state index contributed by atoms with van der Waals surface area (Å²) >= 11 is 7.44. The molecule has 9 nitrogen and oxygen atoms in total. The number of thioether (sulfide) groups is 1. The summed E-state index contributed by atoms with van der Waals surface area (Å²) in [7, 11) is 0. The number of carbonyl (C=O) groups excluding carboxylic acids is 1. The van der Waals surface area contributed by atoms with E-state index in [-0.39, 0.29) is 11.6 Å². The predicted molar refractivity (Wildman–Crippen MR) is 127 cm³/mol. The zero-order valence-electron chi connectivity index (χ0n) is 17.3. The first kappa shape index (κ1) is 22.4. The molecular weight excluding hydrogens is 464 g/mol. The highest BCUT2D eigenvalue weighted by molar-refractivity contribution is 8.00. The van der Waals surface area contributed by atoms with Gasteiger partial charge in [0.15, 0.2) is 11.0 Å². The highest BCUT2D eigenvalue weighted by Crippen LogP contribution is 2.31. The van der Waals surface area contributed by atoms with Crippen molar-refractivity contribution in [1.82, 2.24) is 19.7 Å². The van der Waals surface area contributed by atoms with Crippen molar-refractivity contribution in [1.29, 1.82) is 0 Å². The first-order valence-corrected chi connectivity index (χ1v) is 11.0. The summed E-state index contributed by atoms with van der Waals surface area (Å²) in [6.45, 7) is 1.74. The minimum Gasteiger partial charge on any atom is -0.325 e. The first-order chi connectivity index (χ1) is 15.9. The van der Waals surface area contributed by atoms with Gasteiger partial charge in [-0.2, -0.15) is 0 Å². The molecule has 0 fully saturated rings. The summed E-state index contributed by atoms with van der Waals surface area (Å²) < 4.78 is 1.82. The van der Waals surface area contributed by atoms with E-state index in [0.29, 0.717) is 21.7 Å². The van der Waals surface area contributed by atoms with Crippen LogP contribution in [0.3, 0.4) is 0 Å². The number of nitro benzene ring substituents is 1. The number of hydrogen-bond acceptors (Lipinski definition) is 7. The third-order valence-electron chi connectivity index (χ3n) is 4.62. The maximum atomic E-state index is 12.8. The fourth-order valence-corrected chi connectivity index (χ4v) is 4.05. The highest BCUT2D eigenvalue weighted by atomic mass is 35.5. The smallest absolute Gasteiger partial charge is 0.269 e. The molecule has 4 aromatic rings. The predicted octanol–water partition coefficient (Wildman–Crippen LogP) is 5.01. The third kappa shape index (κ3) is 5.18. The van der Waals surface area contributed by atoms with Gasteiger partial charge in [0.1, 0.15) is 0 Å². The van der Waals surface area contributed by atoms with E-state index in [2.05, 4.69) is 20.5 Å². The van der Waals surface area contributed by atoms with Gasteiger partial charge in [-0.15, -0.1) is 10.2 Å². The van der Waals surface area contributed by atoms with Crippen LogP contribution in [0.5, 0.6) is 0 Å². The molecule has 1 N–H and O–H groups in total. The van der Waals surface area contributed by atoms with Crippen LogP contribution in [-0.4, -0.2) is 35.8 Å². The number of non-ortho nitro benzene ring substituents is 1. The quantitative estimate of drug-likeness (QED) is 0.224. The Bertz CT molecular complexity index is 1300. The number of halogens is 1. The third-order valence-corrected chi connectivity index (χ3v) is 5.89. The molecule has 1 amide bonds. The number of nitro groups is 1. The van der Waals surface area contributed by atoms with E-state index in [1.165, 1.54) is 36.0 Å².